The number of amides is 1. The Labute approximate surface area is 155 Å². The average molecular weight is 353 g/mol. The fourth-order valence-electron chi connectivity index (χ4n) is 3.16. The van der Waals surface area contributed by atoms with E-state index in [4.69, 9.17) is 4.74 Å². The van der Waals surface area contributed by atoms with Crippen LogP contribution in [0.5, 0.6) is 0 Å². The number of nitrogens with one attached hydrogen (secondary N) is 1. The van der Waals surface area contributed by atoms with Crippen LogP contribution in [0.3, 0.4) is 0 Å². The van der Waals surface area contributed by atoms with Gasteiger partial charge in [-0.15, -0.1) is 0 Å². The van der Waals surface area contributed by atoms with Crippen molar-refractivity contribution in [3.05, 3.63) is 60.2 Å². The maximum absolute atomic E-state index is 12.1. The zero-order valence-corrected chi connectivity index (χ0v) is 15.4. The molecule has 0 spiro atoms. The molecule has 0 bridgehead atoms. The third kappa shape index (κ3) is 5.31. The molecule has 2 aromatic rings. The minimum absolute atomic E-state index is 0.0458. The van der Waals surface area contributed by atoms with Crippen LogP contribution in [0.25, 0.3) is 0 Å². The van der Waals surface area contributed by atoms with Gasteiger partial charge in [-0.3, -0.25) is 4.79 Å². The van der Waals surface area contributed by atoms with E-state index < -0.39 is 0 Å². The summed E-state index contributed by atoms with van der Waals surface area (Å²) in [7, 11) is 2.06. The Balaban J connectivity index is 1.51. The summed E-state index contributed by atoms with van der Waals surface area (Å²) >= 11 is 0. The zero-order valence-electron chi connectivity index (χ0n) is 15.4. The fourth-order valence-corrected chi connectivity index (χ4v) is 3.16. The molecule has 2 aromatic carbocycles. The van der Waals surface area contributed by atoms with Gasteiger partial charge in [0, 0.05) is 44.0 Å². The van der Waals surface area contributed by atoms with E-state index in [9.17, 15) is 4.79 Å². The monoisotopic (exact) mass is 353 g/mol. The van der Waals surface area contributed by atoms with Crippen LogP contribution < -0.4 is 10.2 Å². The van der Waals surface area contributed by atoms with Crippen molar-refractivity contribution in [1.29, 1.82) is 0 Å². The van der Waals surface area contributed by atoms with Gasteiger partial charge in [0.2, 0.25) is 5.91 Å². The lowest BCUT2D eigenvalue weighted by Crippen LogP contribution is -2.37. The van der Waals surface area contributed by atoms with Crippen LogP contribution in [-0.2, 0) is 16.1 Å². The summed E-state index contributed by atoms with van der Waals surface area (Å²) in [6.07, 6.45) is 0.477. The number of rotatable bonds is 7. The SMILES string of the molecule is CN(CCC(=O)Nc1ccccc1)Cc1ccccc1N1CCOCC1. The van der Waals surface area contributed by atoms with E-state index in [1.807, 2.05) is 30.3 Å². The summed E-state index contributed by atoms with van der Waals surface area (Å²) in [5.41, 5.74) is 3.41. The van der Waals surface area contributed by atoms with Crippen molar-refractivity contribution in [2.24, 2.45) is 0 Å². The van der Waals surface area contributed by atoms with Gasteiger partial charge in [-0.1, -0.05) is 36.4 Å². The van der Waals surface area contributed by atoms with Crippen LogP contribution in [0.1, 0.15) is 12.0 Å². The molecule has 5 nitrogen and oxygen atoms in total. The van der Waals surface area contributed by atoms with Gasteiger partial charge in [0.05, 0.1) is 13.2 Å². The Hall–Kier alpha value is -2.37. The second kappa shape index (κ2) is 9.36. The van der Waals surface area contributed by atoms with Gasteiger partial charge in [-0.25, -0.2) is 0 Å². The van der Waals surface area contributed by atoms with Crippen LogP contribution in [-0.4, -0.2) is 50.7 Å². The van der Waals surface area contributed by atoms with E-state index in [0.29, 0.717) is 6.42 Å². The molecule has 1 N–H and O–H groups in total. The predicted octanol–water partition coefficient (Wildman–Crippen LogP) is 2.98. The Morgan fingerprint density at radius 2 is 1.77 bits per heavy atom. The first kappa shape index (κ1) is 18.4. The van der Waals surface area contributed by atoms with Gasteiger partial charge >= 0.3 is 0 Å². The van der Waals surface area contributed by atoms with E-state index in [1.54, 1.807) is 0 Å². The number of para-hydroxylation sites is 2. The van der Waals surface area contributed by atoms with Gasteiger partial charge in [0.25, 0.3) is 0 Å². The topological polar surface area (TPSA) is 44.8 Å². The molecule has 1 saturated heterocycles. The van der Waals surface area contributed by atoms with Crippen molar-refractivity contribution in [2.45, 2.75) is 13.0 Å². The Morgan fingerprint density at radius 3 is 2.54 bits per heavy atom. The Kier molecular flexibility index (Phi) is 6.63. The highest BCUT2D eigenvalue weighted by atomic mass is 16.5. The number of carbonyl (C=O) groups is 1. The summed E-state index contributed by atoms with van der Waals surface area (Å²) in [6, 6.07) is 18.1. The van der Waals surface area contributed by atoms with Gasteiger partial charge in [-0.05, 0) is 30.8 Å². The number of anilines is 2. The largest absolute Gasteiger partial charge is 0.378 e. The molecule has 5 heteroatoms. The highest BCUT2D eigenvalue weighted by Crippen LogP contribution is 2.22. The molecule has 0 unspecified atom stereocenters. The number of hydrogen-bond acceptors (Lipinski definition) is 4. The quantitative estimate of drug-likeness (QED) is 0.831. The van der Waals surface area contributed by atoms with Gasteiger partial charge < -0.3 is 19.9 Å². The van der Waals surface area contributed by atoms with E-state index in [-0.39, 0.29) is 5.91 Å². The Bertz CT molecular complexity index is 699. The molecule has 1 amide bonds. The average Bonchev–Trinajstić information content (AvgIpc) is 2.68. The van der Waals surface area contributed by atoms with Gasteiger partial charge in [0.1, 0.15) is 0 Å². The first-order valence-electron chi connectivity index (χ1n) is 9.16. The van der Waals surface area contributed by atoms with Crippen molar-refractivity contribution in [2.75, 3.05) is 50.1 Å². The third-order valence-corrected chi connectivity index (χ3v) is 4.56. The molecule has 0 aromatic heterocycles. The van der Waals surface area contributed by atoms with Gasteiger partial charge in [-0.2, -0.15) is 0 Å². The van der Waals surface area contributed by atoms with Crippen LogP contribution in [0.15, 0.2) is 54.6 Å². The van der Waals surface area contributed by atoms with E-state index in [2.05, 4.69) is 46.4 Å². The van der Waals surface area contributed by atoms with Gasteiger partial charge in [0.15, 0.2) is 0 Å². The lowest BCUT2D eigenvalue weighted by atomic mass is 10.1. The summed E-state index contributed by atoms with van der Waals surface area (Å²) in [5.74, 6) is 0.0458. The highest BCUT2D eigenvalue weighted by Gasteiger charge is 2.15. The van der Waals surface area contributed by atoms with Crippen molar-refractivity contribution in [3.63, 3.8) is 0 Å². The minimum Gasteiger partial charge on any atom is -0.378 e. The van der Waals surface area contributed by atoms with Crippen LogP contribution in [0.4, 0.5) is 11.4 Å². The highest BCUT2D eigenvalue weighted by molar-refractivity contribution is 5.90. The summed E-state index contributed by atoms with van der Waals surface area (Å²) in [4.78, 5) is 16.7. The lowest BCUT2D eigenvalue weighted by Gasteiger charge is -2.31. The summed E-state index contributed by atoms with van der Waals surface area (Å²) in [5, 5.41) is 2.94. The maximum Gasteiger partial charge on any atom is 0.225 e. The third-order valence-electron chi connectivity index (χ3n) is 4.56. The number of ether oxygens (including phenoxy) is 1. The molecule has 0 aliphatic carbocycles. The van der Waals surface area contributed by atoms with E-state index in [0.717, 1.165) is 45.1 Å². The first-order valence-corrected chi connectivity index (χ1v) is 9.16. The predicted molar refractivity (Wildman–Crippen MR) is 105 cm³/mol. The molecule has 1 fully saturated rings. The number of benzene rings is 2. The number of nitrogens with zero attached hydrogens (tertiary/aromatic N) is 2. The minimum atomic E-state index is 0.0458. The maximum atomic E-state index is 12.1. The normalized spacial score (nSPS) is 14.5. The van der Waals surface area contributed by atoms with Crippen LogP contribution in [0, 0.1) is 0 Å². The molecule has 1 aliphatic rings. The molecule has 138 valence electrons. The smallest absolute Gasteiger partial charge is 0.225 e. The summed E-state index contributed by atoms with van der Waals surface area (Å²) < 4.78 is 5.46. The van der Waals surface area contributed by atoms with Crippen molar-refractivity contribution in [3.8, 4) is 0 Å². The van der Waals surface area contributed by atoms with Crippen molar-refractivity contribution < 1.29 is 9.53 Å². The molecule has 0 radical (unpaired) electrons. The van der Waals surface area contributed by atoms with Crippen molar-refractivity contribution in [1.82, 2.24) is 4.90 Å². The van der Waals surface area contributed by atoms with Crippen molar-refractivity contribution >= 4 is 17.3 Å². The summed E-state index contributed by atoms with van der Waals surface area (Å²) in [6.45, 7) is 4.97. The standard InChI is InChI=1S/C21H27N3O2/c1-23(12-11-21(25)22-19-8-3-2-4-9-19)17-18-7-5-6-10-20(18)24-13-15-26-16-14-24/h2-10H,11-17H2,1H3,(H,22,25). The second-order valence-corrected chi connectivity index (χ2v) is 6.63. The number of morpholine rings is 1. The molecular formula is C21H27N3O2. The zero-order chi connectivity index (χ0) is 18.2. The number of hydrogen-bond donors (Lipinski definition) is 1. The lowest BCUT2D eigenvalue weighted by molar-refractivity contribution is -0.116. The van der Waals surface area contributed by atoms with E-state index in [1.165, 1.54) is 11.3 Å². The van der Waals surface area contributed by atoms with Crippen LogP contribution >= 0.6 is 0 Å². The fraction of sp³-hybridized carbons (Fsp3) is 0.381. The second-order valence-electron chi connectivity index (χ2n) is 6.63. The molecule has 1 aliphatic heterocycles. The first-order chi connectivity index (χ1) is 12.7. The molecule has 1 heterocycles. The van der Waals surface area contributed by atoms with Crippen LogP contribution in [0.2, 0.25) is 0 Å². The molecule has 0 atom stereocenters. The Morgan fingerprint density at radius 1 is 1.08 bits per heavy atom. The molecule has 0 saturated carbocycles. The number of carbonyl (C=O) groups excluding carboxylic acids is 1. The van der Waals surface area contributed by atoms with E-state index >= 15 is 0 Å². The molecular weight excluding hydrogens is 326 g/mol. The molecule has 26 heavy (non-hydrogen) atoms. The molecule has 3 rings (SSSR count).